The van der Waals surface area contributed by atoms with E-state index in [0.717, 1.165) is 25.3 Å². The van der Waals surface area contributed by atoms with Crippen molar-refractivity contribution in [2.24, 2.45) is 0 Å². The molecule has 0 spiro atoms. The van der Waals surface area contributed by atoms with E-state index in [4.69, 9.17) is 4.42 Å². The zero-order valence-electron chi connectivity index (χ0n) is 8.34. The van der Waals surface area contributed by atoms with Gasteiger partial charge in [-0.1, -0.05) is 0 Å². The third-order valence-electron chi connectivity index (χ3n) is 2.07. The minimum absolute atomic E-state index is 0.525. The Morgan fingerprint density at radius 2 is 2.38 bits per heavy atom. The van der Waals surface area contributed by atoms with Crippen LogP contribution in [-0.4, -0.2) is 26.2 Å². The minimum atomic E-state index is 0.525. The summed E-state index contributed by atoms with van der Waals surface area (Å²) in [7, 11) is 1.97. The van der Waals surface area contributed by atoms with Gasteiger partial charge in [-0.2, -0.15) is 0 Å². The molecule has 3 heteroatoms. The first-order chi connectivity index (χ1) is 6.33. The molecule has 74 valence electrons. The zero-order chi connectivity index (χ0) is 9.52. The Morgan fingerprint density at radius 1 is 1.54 bits per heavy atom. The molecule has 2 N–H and O–H groups in total. The first kappa shape index (κ1) is 10.3. The van der Waals surface area contributed by atoms with E-state index in [9.17, 15) is 0 Å². The van der Waals surface area contributed by atoms with Gasteiger partial charge in [0.2, 0.25) is 0 Å². The van der Waals surface area contributed by atoms with Gasteiger partial charge < -0.3 is 15.1 Å². The highest BCUT2D eigenvalue weighted by atomic mass is 16.3. The van der Waals surface area contributed by atoms with Crippen LogP contribution in [-0.2, 0) is 6.42 Å². The lowest BCUT2D eigenvalue weighted by molar-refractivity contribution is 0.486. The summed E-state index contributed by atoms with van der Waals surface area (Å²) in [5, 5.41) is 6.52. The second-order valence-electron chi connectivity index (χ2n) is 3.22. The lowest BCUT2D eigenvalue weighted by Crippen LogP contribution is -2.34. The van der Waals surface area contributed by atoms with Gasteiger partial charge in [0.15, 0.2) is 0 Å². The summed E-state index contributed by atoms with van der Waals surface area (Å²) < 4.78 is 5.21. The van der Waals surface area contributed by atoms with Crippen LogP contribution in [0.1, 0.15) is 12.7 Å². The number of rotatable bonds is 6. The Bertz CT molecular complexity index is 209. The van der Waals surface area contributed by atoms with Crippen LogP contribution in [0.15, 0.2) is 22.8 Å². The molecule has 0 aliphatic heterocycles. The van der Waals surface area contributed by atoms with Crippen LogP contribution in [0.5, 0.6) is 0 Å². The molecule has 0 saturated heterocycles. The van der Waals surface area contributed by atoms with Gasteiger partial charge in [0.1, 0.15) is 5.76 Å². The normalized spacial score (nSPS) is 13.1. The second kappa shape index (κ2) is 5.78. The summed E-state index contributed by atoms with van der Waals surface area (Å²) in [6.07, 6.45) is 2.68. The molecule has 3 nitrogen and oxygen atoms in total. The summed E-state index contributed by atoms with van der Waals surface area (Å²) in [5.41, 5.74) is 0. The maximum atomic E-state index is 5.21. The molecule has 0 saturated carbocycles. The third-order valence-corrected chi connectivity index (χ3v) is 2.07. The van der Waals surface area contributed by atoms with Crippen molar-refractivity contribution < 1.29 is 4.42 Å². The van der Waals surface area contributed by atoms with Crippen LogP contribution >= 0.6 is 0 Å². The van der Waals surface area contributed by atoms with Crippen LogP contribution in [0.2, 0.25) is 0 Å². The van der Waals surface area contributed by atoms with E-state index in [-0.39, 0.29) is 0 Å². The monoisotopic (exact) mass is 182 g/mol. The fourth-order valence-corrected chi connectivity index (χ4v) is 1.09. The molecule has 13 heavy (non-hydrogen) atoms. The van der Waals surface area contributed by atoms with Crippen LogP contribution in [0.25, 0.3) is 0 Å². The highest BCUT2D eigenvalue weighted by Crippen LogP contribution is 1.99. The summed E-state index contributed by atoms with van der Waals surface area (Å²) in [5.74, 6) is 1.05. The van der Waals surface area contributed by atoms with Crippen molar-refractivity contribution >= 4 is 0 Å². The molecule has 0 aliphatic rings. The molecule has 1 atom stereocenters. The van der Waals surface area contributed by atoms with Crippen LogP contribution in [0, 0.1) is 0 Å². The van der Waals surface area contributed by atoms with E-state index in [1.165, 1.54) is 0 Å². The lowest BCUT2D eigenvalue weighted by Gasteiger charge is -2.10. The first-order valence-corrected chi connectivity index (χ1v) is 4.73. The largest absolute Gasteiger partial charge is 0.469 e. The zero-order valence-corrected chi connectivity index (χ0v) is 8.34. The van der Waals surface area contributed by atoms with E-state index in [2.05, 4.69) is 17.6 Å². The molecule has 0 amide bonds. The number of hydrogen-bond donors (Lipinski definition) is 2. The number of nitrogens with one attached hydrogen (secondary N) is 2. The predicted molar refractivity (Wildman–Crippen MR) is 53.8 cm³/mol. The van der Waals surface area contributed by atoms with Crippen molar-refractivity contribution in [1.82, 2.24) is 10.6 Å². The topological polar surface area (TPSA) is 37.2 Å². The molecule has 1 heterocycles. The Balaban J connectivity index is 2.02. The van der Waals surface area contributed by atoms with Gasteiger partial charge in [-0.3, -0.25) is 0 Å². The third kappa shape index (κ3) is 4.10. The number of hydrogen-bond acceptors (Lipinski definition) is 3. The summed E-state index contributed by atoms with van der Waals surface area (Å²) in [6, 6.07) is 4.45. The quantitative estimate of drug-likeness (QED) is 0.645. The van der Waals surface area contributed by atoms with Crippen molar-refractivity contribution in [3.8, 4) is 0 Å². The van der Waals surface area contributed by atoms with E-state index < -0.39 is 0 Å². The van der Waals surface area contributed by atoms with Gasteiger partial charge in [0, 0.05) is 25.6 Å². The molecule has 0 bridgehead atoms. The van der Waals surface area contributed by atoms with E-state index in [0.29, 0.717) is 6.04 Å². The van der Waals surface area contributed by atoms with Crippen LogP contribution in [0.3, 0.4) is 0 Å². The van der Waals surface area contributed by atoms with Crippen LogP contribution < -0.4 is 10.6 Å². The molecular formula is C10H18N2O. The van der Waals surface area contributed by atoms with E-state index in [1.54, 1.807) is 6.26 Å². The molecule has 0 radical (unpaired) electrons. The van der Waals surface area contributed by atoms with Crippen molar-refractivity contribution in [1.29, 1.82) is 0 Å². The highest BCUT2D eigenvalue weighted by molar-refractivity contribution is 4.98. The summed E-state index contributed by atoms with van der Waals surface area (Å²) >= 11 is 0. The molecule has 1 aromatic rings. The Morgan fingerprint density at radius 3 is 3.00 bits per heavy atom. The Labute approximate surface area is 79.5 Å². The van der Waals surface area contributed by atoms with Gasteiger partial charge in [-0.05, 0) is 26.1 Å². The van der Waals surface area contributed by atoms with E-state index in [1.807, 2.05) is 19.2 Å². The predicted octanol–water partition coefficient (Wildman–Crippen LogP) is 1.02. The maximum Gasteiger partial charge on any atom is 0.105 e. The number of likely N-dealkylation sites (N-methyl/N-ethyl adjacent to an activating group) is 1. The SMILES string of the molecule is CNC(C)CNCCc1ccco1. The number of furan rings is 1. The summed E-state index contributed by atoms with van der Waals surface area (Å²) in [4.78, 5) is 0. The fraction of sp³-hybridized carbons (Fsp3) is 0.600. The minimum Gasteiger partial charge on any atom is -0.469 e. The van der Waals surface area contributed by atoms with Crippen LogP contribution in [0.4, 0.5) is 0 Å². The highest BCUT2D eigenvalue weighted by Gasteiger charge is 1.97. The second-order valence-corrected chi connectivity index (χ2v) is 3.22. The molecule has 0 aliphatic carbocycles. The smallest absolute Gasteiger partial charge is 0.105 e. The summed E-state index contributed by atoms with van der Waals surface area (Å²) in [6.45, 7) is 4.12. The maximum absolute atomic E-state index is 5.21. The lowest BCUT2D eigenvalue weighted by atomic mass is 10.3. The van der Waals surface area contributed by atoms with Gasteiger partial charge in [-0.15, -0.1) is 0 Å². The molecule has 0 fully saturated rings. The Kier molecular flexibility index (Phi) is 4.57. The van der Waals surface area contributed by atoms with Gasteiger partial charge in [-0.25, -0.2) is 0 Å². The Hall–Kier alpha value is -0.800. The molecular weight excluding hydrogens is 164 g/mol. The van der Waals surface area contributed by atoms with Crippen molar-refractivity contribution in [2.45, 2.75) is 19.4 Å². The van der Waals surface area contributed by atoms with Crippen molar-refractivity contribution in [3.05, 3.63) is 24.2 Å². The molecule has 1 unspecified atom stereocenters. The van der Waals surface area contributed by atoms with Gasteiger partial charge in [0.05, 0.1) is 6.26 Å². The van der Waals surface area contributed by atoms with Crippen molar-refractivity contribution in [2.75, 3.05) is 20.1 Å². The average Bonchev–Trinajstić information content (AvgIpc) is 2.64. The standard InChI is InChI=1S/C10H18N2O/c1-9(11-2)8-12-6-5-10-4-3-7-13-10/h3-4,7,9,11-12H,5-6,8H2,1-2H3. The molecule has 0 aromatic carbocycles. The van der Waals surface area contributed by atoms with Gasteiger partial charge >= 0.3 is 0 Å². The van der Waals surface area contributed by atoms with Gasteiger partial charge in [0.25, 0.3) is 0 Å². The van der Waals surface area contributed by atoms with Crippen molar-refractivity contribution in [3.63, 3.8) is 0 Å². The molecule has 1 aromatic heterocycles. The average molecular weight is 182 g/mol. The van der Waals surface area contributed by atoms with E-state index >= 15 is 0 Å². The first-order valence-electron chi connectivity index (χ1n) is 4.73. The molecule has 1 rings (SSSR count). The fourth-order valence-electron chi connectivity index (χ4n) is 1.09.